The summed E-state index contributed by atoms with van der Waals surface area (Å²) in [4.78, 5) is 23.9. The molecule has 1 atom stereocenters. The van der Waals surface area contributed by atoms with Gasteiger partial charge >= 0.3 is 5.97 Å². The van der Waals surface area contributed by atoms with Gasteiger partial charge in [-0.05, 0) is 31.2 Å². The van der Waals surface area contributed by atoms with Crippen LogP contribution in [0.1, 0.15) is 22.4 Å². The Morgan fingerprint density at radius 3 is 2.85 bits per heavy atom. The molecule has 20 heavy (non-hydrogen) atoms. The number of amides is 1. The van der Waals surface area contributed by atoms with Crippen LogP contribution in [-0.2, 0) is 16.1 Å². The summed E-state index contributed by atoms with van der Waals surface area (Å²) in [5.41, 5.74) is 0. The van der Waals surface area contributed by atoms with Crippen LogP contribution in [0, 0.1) is 0 Å². The first-order valence-corrected chi connectivity index (χ1v) is 7.02. The molecule has 1 N–H and O–H groups in total. The third-order valence-electron chi connectivity index (χ3n) is 2.44. The maximum atomic E-state index is 11.8. The van der Waals surface area contributed by atoms with Crippen LogP contribution in [0.15, 0.2) is 34.9 Å². The molecule has 106 valence electrons. The lowest BCUT2D eigenvalue weighted by molar-refractivity contribution is -0.129. The molecule has 1 amide bonds. The van der Waals surface area contributed by atoms with Gasteiger partial charge in [0.2, 0.25) is 0 Å². The van der Waals surface area contributed by atoms with Gasteiger partial charge in [0, 0.05) is 0 Å². The van der Waals surface area contributed by atoms with Crippen LogP contribution in [0.4, 0.5) is 0 Å². The van der Waals surface area contributed by atoms with E-state index in [0.29, 0.717) is 15.0 Å². The maximum absolute atomic E-state index is 11.8. The van der Waals surface area contributed by atoms with E-state index < -0.39 is 18.0 Å². The number of halogens is 1. The van der Waals surface area contributed by atoms with Crippen molar-refractivity contribution >= 4 is 34.8 Å². The van der Waals surface area contributed by atoms with Crippen molar-refractivity contribution in [3.05, 3.63) is 45.5 Å². The second kappa shape index (κ2) is 6.58. The van der Waals surface area contributed by atoms with E-state index in [1.807, 2.05) is 0 Å². The van der Waals surface area contributed by atoms with E-state index in [9.17, 15) is 9.59 Å². The highest BCUT2D eigenvalue weighted by Crippen LogP contribution is 2.22. The molecule has 0 aliphatic carbocycles. The Morgan fingerprint density at radius 2 is 2.25 bits per heavy atom. The molecule has 0 aromatic carbocycles. The number of carbonyl (C=O) groups is 2. The molecule has 0 saturated carbocycles. The molecular formula is C13H12ClNO4S. The van der Waals surface area contributed by atoms with Crippen LogP contribution >= 0.6 is 22.9 Å². The largest absolute Gasteiger partial charge is 0.467 e. The number of hydrogen-bond donors (Lipinski definition) is 1. The molecule has 2 aromatic heterocycles. The average molecular weight is 314 g/mol. The van der Waals surface area contributed by atoms with E-state index in [1.165, 1.54) is 13.2 Å². The van der Waals surface area contributed by atoms with Crippen molar-refractivity contribution in [2.24, 2.45) is 0 Å². The molecule has 2 rings (SSSR count). The van der Waals surface area contributed by atoms with E-state index in [0.717, 1.165) is 11.3 Å². The molecule has 7 heteroatoms. The fraction of sp³-hybridized carbons (Fsp3) is 0.231. The van der Waals surface area contributed by atoms with Gasteiger partial charge in [0.15, 0.2) is 6.10 Å². The molecule has 0 fully saturated rings. The predicted molar refractivity (Wildman–Crippen MR) is 74.8 cm³/mol. The number of ether oxygens (including phenoxy) is 1. The summed E-state index contributed by atoms with van der Waals surface area (Å²) in [6.07, 6.45) is 0.629. The second-order valence-electron chi connectivity index (χ2n) is 3.95. The summed E-state index contributed by atoms with van der Waals surface area (Å²) in [5.74, 6) is -0.332. The lowest BCUT2D eigenvalue weighted by Gasteiger charge is -2.12. The molecule has 0 spiro atoms. The molecule has 2 aromatic rings. The van der Waals surface area contributed by atoms with Crippen molar-refractivity contribution < 1.29 is 18.7 Å². The molecule has 0 saturated heterocycles. The minimum absolute atomic E-state index is 0.249. The van der Waals surface area contributed by atoms with Crippen molar-refractivity contribution in [3.8, 4) is 0 Å². The zero-order valence-corrected chi connectivity index (χ0v) is 12.2. The number of hydrogen-bond acceptors (Lipinski definition) is 5. The number of rotatable bonds is 5. The smallest absolute Gasteiger partial charge is 0.349 e. The topological polar surface area (TPSA) is 68.5 Å². The first-order valence-electron chi connectivity index (χ1n) is 5.82. The Hall–Kier alpha value is -1.79. The molecule has 5 nitrogen and oxygen atoms in total. The minimum atomic E-state index is -0.890. The van der Waals surface area contributed by atoms with Gasteiger partial charge in [0.25, 0.3) is 5.91 Å². The van der Waals surface area contributed by atoms with Crippen molar-refractivity contribution in [1.82, 2.24) is 5.32 Å². The Balaban J connectivity index is 1.83. The number of furan rings is 1. The SMILES string of the molecule is C[C@H](OC(=O)c1ccc(Cl)s1)C(=O)NCc1ccco1. The number of carbonyl (C=O) groups excluding carboxylic acids is 2. The van der Waals surface area contributed by atoms with Gasteiger partial charge < -0.3 is 14.5 Å². The van der Waals surface area contributed by atoms with Crippen LogP contribution in [0.2, 0.25) is 4.34 Å². The highest BCUT2D eigenvalue weighted by molar-refractivity contribution is 7.17. The van der Waals surface area contributed by atoms with E-state index in [2.05, 4.69) is 5.32 Å². The second-order valence-corrected chi connectivity index (χ2v) is 5.66. The highest BCUT2D eigenvalue weighted by Gasteiger charge is 2.19. The van der Waals surface area contributed by atoms with Crippen LogP contribution in [0.5, 0.6) is 0 Å². The van der Waals surface area contributed by atoms with Crippen LogP contribution in [0.25, 0.3) is 0 Å². The Morgan fingerprint density at radius 1 is 1.45 bits per heavy atom. The Labute approximate surface area is 124 Å². The normalized spacial score (nSPS) is 11.9. The van der Waals surface area contributed by atoms with Gasteiger partial charge in [0.05, 0.1) is 17.1 Å². The summed E-state index contributed by atoms with van der Waals surface area (Å²) in [6.45, 7) is 1.75. The standard InChI is InChI=1S/C13H12ClNO4S/c1-8(12(16)15-7-9-3-2-6-18-9)19-13(17)10-4-5-11(14)20-10/h2-6,8H,7H2,1H3,(H,15,16)/t8-/m0/s1. The van der Waals surface area contributed by atoms with E-state index in [1.54, 1.807) is 24.3 Å². The third kappa shape index (κ3) is 3.85. The number of esters is 1. The van der Waals surface area contributed by atoms with Crippen LogP contribution in [0.3, 0.4) is 0 Å². The fourth-order valence-electron chi connectivity index (χ4n) is 1.43. The first kappa shape index (κ1) is 14.6. The Bertz CT molecular complexity index is 593. The molecular weight excluding hydrogens is 302 g/mol. The lowest BCUT2D eigenvalue weighted by atomic mass is 10.3. The summed E-state index contributed by atoms with van der Waals surface area (Å²) >= 11 is 6.84. The predicted octanol–water partition coefficient (Wildman–Crippen LogP) is 2.86. The van der Waals surface area contributed by atoms with Gasteiger partial charge in [-0.3, -0.25) is 4.79 Å². The monoisotopic (exact) mass is 313 g/mol. The lowest BCUT2D eigenvalue weighted by Crippen LogP contribution is -2.35. The summed E-state index contributed by atoms with van der Waals surface area (Å²) in [7, 11) is 0. The molecule has 0 bridgehead atoms. The molecule has 0 radical (unpaired) electrons. The van der Waals surface area contributed by atoms with E-state index in [-0.39, 0.29) is 6.54 Å². The first-order chi connectivity index (χ1) is 9.56. The Kier molecular flexibility index (Phi) is 4.81. The van der Waals surface area contributed by atoms with E-state index in [4.69, 9.17) is 20.8 Å². The van der Waals surface area contributed by atoms with Crippen LogP contribution < -0.4 is 5.32 Å². The van der Waals surface area contributed by atoms with Gasteiger partial charge in [0.1, 0.15) is 10.6 Å². The maximum Gasteiger partial charge on any atom is 0.349 e. The van der Waals surface area contributed by atoms with Crippen molar-refractivity contribution in [1.29, 1.82) is 0 Å². The van der Waals surface area contributed by atoms with Gasteiger partial charge in [-0.1, -0.05) is 11.6 Å². The summed E-state index contributed by atoms with van der Waals surface area (Å²) in [6, 6.07) is 6.63. The quantitative estimate of drug-likeness (QED) is 0.862. The molecule has 0 unspecified atom stereocenters. The average Bonchev–Trinajstić information content (AvgIpc) is 3.06. The molecule has 2 heterocycles. The minimum Gasteiger partial charge on any atom is -0.467 e. The van der Waals surface area contributed by atoms with Crippen LogP contribution in [-0.4, -0.2) is 18.0 Å². The highest BCUT2D eigenvalue weighted by atomic mass is 35.5. The zero-order valence-electron chi connectivity index (χ0n) is 10.6. The van der Waals surface area contributed by atoms with Gasteiger partial charge in [-0.25, -0.2) is 4.79 Å². The van der Waals surface area contributed by atoms with Gasteiger partial charge in [-0.2, -0.15) is 0 Å². The molecule has 0 aliphatic heterocycles. The summed E-state index contributed by atoms with van der Waals surface area (Å²) in [5, 5.41) is 2.61. The van der Waals surface area contributed by atoms with Crippen molar-refractivity contribution in [3.63, 3.8) is 0 Å². The number of thiophene rings is 1. The van der Waals surface area contributed by atoms with Gasteiger partial charge in [-0.15, -0.1) is 11.3 Å². The van der Waals surface area contributed by atoms with Crippen molar-refractivity contribution in [2.45, 2.75) is 19.6 Å². The number of nitrogens with one attached hydrogen (secondary N) is 1. The van der Waals surface area contributed by atoms with E-state index >= 15 is 0 Å². The zero-order chi connectivity index (χ0) is 14.5. The van der Waals surface area contributed by atoms with Crippen molar-refractivity contribution in [2.75, 3.05) is 0 Å². The fourth-order valence-corrected chi connectivity index (χ4v) is 2.35. The summed E-state index contributed by atoms with van der Waals surface area (Å²) < 4.78 is 10.6. The third-order valence-corrected chi connectivity index (χ3v) is 3.66. The molecule has 0 aliphatic rings.